The van der Waals surface area contributed by atoms with E-state index in [-0.39, 0.29) is 25.2 Å². The summed E-state index contributed by atoms with van der Waals surface area (Å²) in [7, 11) is 0. The molecular formula is C26H31N5O4. The minimum atomic E-state index is -0.695. The highest BCUT2D eigenvalue weighted by atomic mass is 16.3. The van der Waals surface area contributed by atoms with E-state index in [9.17, 15) is 9.59 Å². The zero-order valence-electron chi connectivity index (χ0n) is 19.9. The van der Waals surface area contributed by atoms with Gasteiger partial charge in [-0.3, -0.25) is 14.6 Å². The fraction of sp³-hybridized carbons (Fsp3) is 0.308. The van der Waals surface area contributed by atoms with E-state index in [0.717, 1.165) is 35.3 Å². The van der Waals surface area contributed by atoms with Crippen molar-refractivity contribution in [2.24, 2.45) is 0 Å². The van der Waals surface area contributed by atoms with Crippen molar-refractivity contribution in [3.05, 3.63) is 72.1 Å². The number of aliphatic hydroxyl groups excluding tert-OH is 2. The van der Waals surface area contributed by atoms with Gasteiger partial charge in [0, 0.05) is 36.6 Å². The lowest BCUT2D eigenvalue weighted by molar-refractivity contribution is -0.117. The van der Waals surface area contributed by atoms with Crippen LogP contribution in [0.4, 0.5) is 11.5 Å². The zero-order chi connectivity index (χ0) is 25.4. The maximum absolute atomic E-state index is 12.1. The summed E-state index contributed by atoms with van der Waals surface area (Å²) in [6.45, 7) is 2.97. The van der Waals surface area contributed by atoms with Crippen LogP contribution < -0.4 is 16.0 Å². The molecule has 0 bridgehead atoms. The number of anilines is 2. The number of nitrogens with zero attached hydrogens (tertiary/aromatic N) is 3. The van der Waals surface area contributed by atoms with Crippen molar-refractivity contribution in [2.75, 3.05) is 23.8 Å². The molecule has 184 valence electrons. The van der Waals surface area contributed by atoms with Crippen LogP contribution in [0.2, 0.25) is 0 Å². The first-order chi connectivity index (χ1) is 16.8. The fourth-order valence-electron chi connectivity index (χ4n) is 3.88. The van der Waals surface area contributed by atoms with E-state index in [2.05, 4.69) is 22.2 Å². The topological polar surface area (TPSA) is 142 Å². The summed E-state index contributed by atoms with van der Waals surface area (Å²) in [4.78, 5) is 34.1. The summed E-state index contributed by atoms with van der Waals surface area (Å²) in [6.07, 6.45) is 4.95. The molecule has 1 aliphatic rings. The molecule has 0 unspecified atom stereocenters. The second-order valence-corrected chi connectivity index (χ2v) is 8.34. The fourth-order valence-corrected chi connectivity index (χ4v) is 3.88. The van der Waals surface area contributed by atoms with Gasteiger partial charge in [0.1, 0.15) is 5.82 Å². The summed E-state index contributed by atoms with van der Waals surface area (Å²) in [5.74, 6) is 0.213. The van der Waals surface area contributed by atoms with E-state index in [1.165, 1.54) is 6.20 Å². The summed E-state index contributed by atoms with van der Waals surface area (Å²) in [5.41, 5.74) is 9.32. The van der Waals surface area contributed by atoms with Crippen LogP contribution in [0.5, 0.6) is 0 Å². The van der Waals surface area contributed by atoms with Gasteiger partial charge >= 0.3 is 0 Å². The molecule has 0 fully saturated rings. The number of carbonyl (C=O) groups is 2. The van der Waals surface area contributed by atoms with Gasteiger partial charge in [-0.1, -0.05) is 12.1 Å². The summed E-state index contributed by atoms with van der Waals surface area (Å²) >= 11 is 0. The molecule has 3 aromatic rings. The van der Waals surface area contributed by atoms with Crippen LogP contribution in [0.1, 0.15) is 36.2 Å². The Kier molecular flexibility index (Phi) is 8.88. The monoisotopic (exact) mass is 477 g/mol. The average Bonchev–Trinajstić information content (AvgIpc) is 2.87. The molecule has 1 aromatic carbocycles. The molecule has 1 atom stereocenters. The number of aliphatic hydroxyl groups is 2. The highest BCUT2D eigenvalue weighted by Gasteiger charge is 2.26. The molecule has 5 N–H and O–H groups in total. The summed E-state index contributed by atoms with van der Waals surface area (Å²) < 4.78 is 0. The number of amides is 2. The third kappa shape index (κ3) is 6.62. The minimum absolute atomic E-state index is 0.0405. The number of hydrogen-bond acceptors (Lipinski definition) is 7. The lowest BCUT2D eigenvalue weighted by Gasteiger charge is -2.34. The van der Waals surface area contributed by atoms with Gasteiger partial charge < -0.3 is 26.2 Å². The van der Waals surface area contributed by atoms with Crippen LogP contribution in [0.3, 0.4) is 0 Å². The van der Waals surface area contributed by atoms with Gasteiger partial charge in [0.05, 0.1) is 30.5 Å². The van der Waals surface area contributed by atoms with Crippen molar-refractivity contribution >= 4 is 23.3 Å². The van der Waals surface area contributed by atoms with E-state index in [0.29, 0.717) is 11.4 Å². The third-order valence-electron chi connectivity index (χ3n) is 5.74. The number of aryl methyl sites for hydroxylation is 1. The Labute approximate surface area is 204 Å². The Balaban J connectivity index is 0.000000420. The lowest BCUT2D eigenvalue weighted by Crippen LogP contribution is -2.40. The van der Waals surface area contributed by atoms with Crippen LogP contribution in [0, 0.1) is 0 Å². The van der Waals surface area contributed by atoms with Gasteiger partial charge in [-0.25, -0.2) is 4.98 Å². The molecule has 4 rings (SSSR count). The molecule has 35 heavy (non-hydrogen) atoms. The van der Waals surface area contributed by atoms with Gasteiger partial charge in [0.25, 0.3) is 5.91 Å². The van der Waals surface area contributed by atoms with Crippen molar-refractivity contribution in [1.82, 2.24) is 15.3 Å². The maximum Gasteiger partial charge on any atom is 0.253 e. The number of aromatic nitrogens is 2. The third-order valence-corrected chi connectivity index (χ3v) is 5.74. The molecule has 9 heteroatoms. The predicted molar refractivity (Wildman–Crippen MR) is 135 cm³/mol. The van der Waals surface area contributed by atoms with Crippen LogP contribution >= 0.6 is 0 Å². The second kappa shape index (κ2) is 12.0. The Morgan fingerprint density at radius 3 is 2.46 bits per heavy atom. The van der Waals surface area contributed by atoms with Gasteiger partial charge in [0.2, 0.25) is 5.91 Å². The number of nitrogen functional groups attached to an aromatic ring is 1. The molecular weight excluding hydrogens is 446 g/mol. The van der Waals surface area contributed by atoms with Gasteiger partial charge in [-0.2, -0.15) is 0 Å². The van der Waals surface area contributed by atoms with Crippen LogP contribution in [0.25, 0.3) is 11.3 Å². The van der Waals surface area contributed by atoms with Crippen molar-refractivity contribution < 1.29 is 19.8 Å². The number of nitrogens with two attached hydrogens (primary N) is 1. The number of hydrogen-bond donors (Lipinski definition) is 4. The second-order valence-electron chi connectivity index (χ2n) is 8.34. The predicted octanol–water partition coefficient (Wildman–Crippen LogP) is 2.18. The van der Waals surface area contributed by atoms with Crippen molar-refractivity contribution in [2.45, 2.75) is 38.8 Å². The maximum atomic E-state index is 12.1. The lowest BCUT2D eigenvalue weighted by atomic mass is 9.94. The summed E-state index contributed by atoms with van der Waals surface area (Å²) in [5, 5.41) is 20.7. The van der Waals surface area contributed by atoms with Gasteiger partial charge in [-0.05, 0) is 61.7 Å². The van der Waals surface area contributed by atoms with E-state index in [1.807, 2.05) is 35.2 Å². The number of rotatable bonds is 5. The highest BCUT2D eigenvalue weighted by molar-refractivity contribution is 5.95. The van der Waals surface area contributed by atoms with Crippen LogP contribution in [-0.4, -0.2) is 57.3 Å². The Bertz CT molecular complexity index is 1130. The quantitative estimate of drug-likeness (QED) is 0.441. The molecule has 0 aliphatic carbocycles. The molecule has 0 spiro atoms. The number of fused-ring (bicyclic) bond motifs is 1. The Hall–Kier alpha value is -3.82. The zero-order valence-corrected chi connectivity index (χ0v) is 19.9. The van der Waals surface area contributed by atoms with Gasteiger partial charge in [0.15, 0.2) is 0 Å². The Morgan fingerprint density at radius 1 is 1.14 bits per heavy atom. The number of benzene rings is 1. The molecule has 0 saturated heterocycles. The smallest absolute Gasteiger partial charge is 0.253 e. The van der Waals surface area contributed by atoms with E-state index in [1.54, 1.807) is 31.3 Å². The molecule has 9 nitrogen and oxygen atoms in total. The first-order valence-electron chi connectivity index (χ1n) is 11.4. The first-order valence-corrected chi connectivity index (χ1v) is 11.4. The highest BCUT2D eigenvalue weighted by Crippen LogP contribution is 2.33. The van der Waals surface area contributed by atoms with Gasteiger partial charge in [-0.15, -0.1) is 0 Å². The largest absolute Gasteiger partial charge is 0.394 e. The molecule has 2 amide bonds. The number of carbonyl (C=O) groups excluding carboxylic acids is 2. The van der Waals surface area contributed by atoms with Crippen molar-refractivity contribution in [3.63, 3.8) is 0 Å². The van der Waals surface area contributed by atoms with E-state index < -0.39 is 11.9 Å². The molecule has 2 aromatic heterocycles. The standard InChI is InChI=1S/C21H25N3O4.C5H6N2/c1-13-3-4-16-9-15(6-8-20(16)24(13)14(2)27)19-7-5-17(10-22-19)21(28)23-18(11-25)12-26;6-5-3-1-2-4-7-5/h5-10,13,18,25-26H,3-4,11-12H2,1-2H3,(H,23,28);1-4H,(H2,6,7)/t13-;/m0./s1. The normalized spacial score (nSPS) is 14.5. The Morgan fingerprint density at radius 2 is 1.91 bits per heavy atom. The molecule has 1 aliphatic heterocycles. The average molecular weight is 478 g/mol. The minimum Gasteiger partial charge on any atom is -0.394 e. The SMILES string of the molecule is CC(=O)N1c2ccc(-c3ccc(C(=O)NC(CO)CO)cn3)cc2CC[C@@H]1C.Nc1ccccn1. The van der Waals surface area contributed by atoms with E-state index in [4.69, 9.17) is 15.9 Å². The molecule has 0 radical (unpaired) electrons. The van der Waals surface area contributed by atoms with Crippen LogP contribution in [0.15, 0.2) is 60.9 Å². The van der Waals surface area contributed by atoms with Crippen molar-refractivity contribution in [1.29, 1.82) is 0 Å². The number of pyridine rings is 2. The first kappa shape index (κ1) is 25.8. The van der Waals surface area contributed by atoms with Crippen LogP contribution in [-0.2, 0) is 11.2 Å². The summed E-state index contributed by atoms with van der Waals surface area (Å²) in [6, 6.07) is 14.3. The molecule has 0 saturated carbocycles. The molecule has 3 heterocycles. The van der Waals surface area contributed by atoms with Crippen molar-refractivity contribution in [3.8, 4) is 11.3 Å². The number of nitrogens with one attached hydrogen (secondary N) is 1. The van der Waals surface area contributed by atoms with E-state index >= 15 is 0 Å².